The van der Waals surface area contributed by atoms with Gasteiger partial charge in [-0.25, -0.2) is 0 Å². The van der Waals surface area contributed by atoms with Crippen LogP contribution in [-0.4, -0.2) is 65.0 Å². The lowest BCUT2D eigenvalue weighted by atomic mass is 9.96. The van der Waals surface area contributed by atoms with Crippen LogP contribution in [0, 0.1) is 5.92 Å². The third kappa shape index (κ3) is 3.74. The van der Waals surface area contributed by atoms with Crippen LogP contribution in [0.15, 0.2) is 0 Å². The van der Waals surface area contributed by atoms with Gasteiger partial charge in [-0.05, 0) is 19.8 Å². The Labute approximate surface area is 135 Å². The van der Waals surface area contributed by atoms with Crippen molar-refractivity contribution in [1.29, 1.82) is 0 Å². The molecule has 2 saturated heterocycles. The van der Waals surface area contributed by atoms with Crippen LogP contribution in [0.2, 0.25) is 0 Å². The molecule has 0 aromatic carbocycles. The monoisotopic (exact) mass is 328 g/mol. The molecule has 2 aliphatic rings. The van der Waals surface area contributed by atoms with Crippen molar-refractivity contribution in [2.24, 2.45) is 5.92 Å². The molecule has 2 amide bonds. The predicted octanol–water partition coefficient (Wildman–Crippen LogP) is 1.10. The molecule has 2 rings (SSSR count). The molecule has 6 nitrogen and oxygen atoms in total. The minimum absolute atomic E-state index is 0.0223. The fraction of sp³-hybridized carbons (Fsp3) is 0.800. The number of nitrogens with zero attached hydrogens (tertiary/aromatic N) is 2. The van der Waals surface area contributed by atoms with E-state index in [1.165, 1.54) is 0 Å². The highest BCUT2D eigenvalue weighted by Gasteiger charge is 2.38. The van der Waals surface area contributed by atoms with Gasteiger partial charge < -0.3 is 14.5 Å². The molecule has 0 aliphatic carbocycles. The highest BCUT2D eigenvalue weighted by atomic mass is 32.2. The Morgan fingerprint density at radius 2 is 1.86 bits per heavy atom. The quantitative estimate of drug-likeness (QED) is 0.723. The maximum Gasteiger partial charge on any atom is 0.309 e. The van der Waals surface area contributed by atoms with E-state index >= 15 is 0 Å². The van der Waals surface area contributed by atoms with Crippen LogP contribution in [0.4, 0.5) is 0 Å². The molecule has 7 heteroatoms. The molecular formula is C15H24N2O4S. The highest BCUT2D eigenvalue weighted by Crippen LogP contribution is 2.26. The standard InChI is InChI=1S/C15H24N2O4S/c1-3-13(18)17-10-22-9-12(17)14(19)16-7-5-11(6-8-16)15(20)21-4-2/h11-12H,3-10H2,1-2H3. The van der Waals surface area contributed by atoms with Gasteiger partial charge in [0.05, 0.1) is 18.4 Å². The zero-order valence-electron chi connectivity index (χ0n) is 13.2. The largest absolute Gasteiger partial charge is 0.466 e. The topological polar surface area (TPSA) is 66.9 Å². The molecule has 0 aromatic heterocycles. The third-order valence-corrected chi connectivity index (χ3v) is 5.23. The van der Waals surface area contributed by atoms with Gasteiger partial charge in [0.2, 0.25) is 11.8 Å². The fourth-order valence-corrected chi connectivity index (χ4v) is 4.07. The van der Waals surface area contributed by atoms with Crippen molar-refractivity contribution >= 4 is 29.5 Å². The lowest BCUT2D eigenvalue weighted by Gasteiger charge is -2.34. The summed E-state index contributed by atoms with van der Waals surface area (Å²) < 4.78 is 5.04. The SMILES string of the molecule is CCOC(=O)C1CCN(C(=O)C2CSCN2C(=O)CC)CC1. The summed E-state index contributed by atoms with van der Waals surface area (Å²) in [7, 11) is 0. The van der Waals surface area contributed by atoms with Crippen molar-refractivity contribution in [2.45, 2.75) is 39.2 Å². The summed E-state index contributed by atoms with van der Waals surface area (Å²) in [5.41, 5.74) is 0. The first-order chi connectivity index (χ1) is 10.6. The van der Waals surface area contributed by atoms with Crippen LogP contribution in [0.3, 0.4) is 0 Å². The molecule has 1 atom stereocenters. The Hall–Kier alpha value is -1.24. The first-order valence-corrected chi connectivity index (χ1v) is 9.06. The zero-order valence-corrected chi connectivity index (χ0v) is 14.1. The second-order valence-electron chi connectivity index (χ2n) is 5.58. The Balaban J connectivity index is 1.89. The molecule has 0 radical (unpaired) electrons. The average Bonchev–Trinajstić information content (AvgIpc) is 3.03. The molecular weight excluding hydrogens is 304 g/mol. The lowest BCUT2D eigenvalue weighted by Crippen LogP contribution is -2.51. The smallest absolute Gasteiger partial charge is 0.309 e. The molecule has 0 N–H and O–H groups in total. The number of piperidine rings is 1. The Bertz CT molecular complexity index is 435. The molecule has 2 heterocycles. The van der Waals surface area contributed by atoms with Gasteiger partial charge in [0.25, 0.3) is 0 Å². The highest BCUT2D eigenvalue weighted by molar-refractivity contribution is 7.99. The number of carbonyl (C=O) groups excluding carboxylic acids is 3. The summed E-state index contributed by atoms with van der Waals surface area (Å²) in [6.07, 6.45) is 1.72. The van der Waals surface area contributed by atoms with Crippen molar-refractivity contribution in [3.05, 3.63) is 0 Å². The number of carbonyl (C=O) groups is 3. The molecule has 0 bridgehead atoms. The Morgan fingerprint density at radius 3 is 2.45 bits per heavy atom. The lowest BCUT2D eigenvalue weighted by molar-refractivity contribution is -0.152. The molecule has 0 saturated carbocycles. The van der Waals surface area contributed by atoms with Crippen LogP contribution in [-0.2, 0) is 19.1 Å². The Kier molecular flexibility index (Phi) is 6.11. The summed E-state index contributed by atoms with van der Waals surface area (Å²) in [5.74, 6) is 1.06. The third-order valence-electron chi connectivity index (χ3n) is 4.22. The van der Waals surface area contributed by atoms with Gasteiger partial charge in [0, 0.05) is 25.3 Å². The van der Waals surface area contributed by atoms with Crippen LogP contribution in [0.5, 0.6) is 0 Å². The molecule has 0 aromatic rings. The number of esters is 1. The number of hydrogen-bond donors (Lipinski definition) is 0. The number of thioether (sulfide) groups is 1. The van der Waals surface area contributed by atoms with E-state index in [1.54, 1.807) is 28.5 Å². The number of likely N-dealkylation sites (tertiary alicyclic amines) is 1. The first kappa shape index (κ1) is 17.1. The summed E-state index contributed by atoms with van der Waals surface area (Å²) in [6, 6.07) is -0.336. The van der Waals surface area contributed by atoms with E-state index < -0.39 is 0 Å². The summed E-state index contributed by atoms with van der Waals surface area (Å²) in [6.45, 7) is 5.14. The van der Waals surface area contributed by atoms with E-state index in [-0.39, 0.29) is 29.7 Å². The van der Waals surface area contributed by atoms with Gasteiger partial charge in [-0.3, -0.25) is 14.4 Å². The second-order valence-corrected chi connectivity index (χ2v) is 6.58. The van der Waals surface area contributed by atoms with Crippen LogP contribution in [0.25, 0.3) is 0 Å². The number of ether oxygens (including phenoxy) is 1. The Morgan fingerprint density at radius 1 is 1.18 bits per heavy atom. The molecule has 22 heavy (non-hydrogen) atoms. The predicted molar refractivity (Wildman–Crippen MR) is 84.2 cm³/mol. The van der Waals surface area contributed by atoms with Crippen molar-refractivity contribution < 1.29 is 19.1 Å². The van der Waals surface area contributed by atoms with Gasteiger partial charge in [0.15, 0.2) is 0 Å². The van der Waals surface area contributed by atoms with E-state index in [2.05, 4.69) is 0 Å². The van der Waals surface area contributed by atoms with E-state index in [9.17, 15) is 14.4 Å². The minimum Gasteiger partial charge on any atom is -0.466 e. The van der Waals surface area contributed by atoms with Crippen LogP contribution in [0.1, 0.15) is 33.1 Å². The molecule has 2 fully saturated rings. The zero-order chi connectivity index (χ0) is 16.1. The summed E-state index contributed by atoms with van der Waals surface area (Å²) >= 11 is 1.62. The summed E-state index contributed by atoms with van der Waals surface area (Å²) in [4.78, 5) is 39.7. The molecule has 1 unspecified atom stereocenters. The van der Waals surface area contributed by atoms with Crippen molar-refractivity contribution in [3.8, 4) is 0 Å². The number of hydrogen-bond acceptors (Lipinski definition) is 5. The van der Waals surface area contributed by atoms with E-state index in [4.69, 9.17) is 4.74 Å². The van der Waals surface area contributed by atoms with E-state index in [1.807, 2.05) is 6.92 Å². The van der Waals surface area contributed by atoms with Crippen molar-refractivity contribution in [2.75, 3.05) is 31.3 Å². The molecule has 0 spiro atoms. The number of amides is 2. The fourth-order valence-electron chi connectivity index (χ4n) is 2.90. The van der Waals surface area contributed by atoms with Crippen LogP contribution >= 0.6 is 11.8 Å². The maximum atomic E-state index is 12.6. The van der Waals surface area contributed by atoms with Crippen LogP contribution < -0.4 is 0 Å². The van der Waals surface area contributed by atoms with E-state index in [0.29, 0.717) is 50.6 Å². The van der Waals surface area contributed by atoms with Gasteiger partial charge >= 0.3 is 5.97 Å². The normalized spacial score (nSPS) is 22.7. The van der Waals surface area contributed by atoms with Crippen molar-refractivity contribution in [1.82, 2.24) is 9.80 Å². The summed E-state index contributed by atoms with van der Waals surface area (Å²) in [5, 5.41) is 0. The first-order valence-electron chi connectivity index (χ1n) is 7.91. The van der Waals surface area contributed by atoms with Gasteiger partial charge in [0.1, 0.15) is 6.04 Å². The van der Waals surface area contributed by atoms with Gasteiger partial charge in [-0.2, -0.15) is 0 Å². The van der Waals surface area contributed by atoms with Gasteiger partial charge in [-0.1, -0.05) is 6.92 Å². The molecule has 124 valence electrons. The van der Waals surface area contributed by atoms with Crippen molar-refractivity contribution in [3.63, 3.8) is 0 Å². The molecule has 2 aliphatic heterocycles. The average molecular weight is 328 g/mol. The maximum absolute atomic E-state index is 12.6. The number of rotatable bonds is 4. The second kappa shape index (κ2) is 7.85. The van der Waals surface area contributed by atoms with Gasteiger partial charge in [-0.15, -0.1) is 11.8 Å². The van der Waals surface area contributed by atoms with E-state index in [0.717, 1.165) is 0 Å². The minimum atomic E-state index is -0.336.